The average molecular weight is 573 g/mol. The van der Waals surface area contributed by atoms with Gasteiger partial charge in [-0.25, -0.2) is 0 Å². The predicted octanol–water partition coefficient (Wildman–Crippen LogP) is 12.1. The van der Waals surface area contributed by atoms with Gasteiger partial charge >= 0.3 is 0 Å². The molecule has 0 N–H and O–H groups in total. The van der Waals surface area contributed by atoms with Gasteiger partial charge in [0.25, 0.3) is 0 Å². The molecule has 0 aliphatic heterocycles. The first-order valence-corrected chi connectivity index (χ1v) is 20.8. The van der Waals surface area contributed by atoms with Crippen molar-refractivity contribution in [3.8, 4) is 0 Å². The first kappa shape index (κ1) is 28.2. The Bertz CT molecular complexity index is 907. The molecule has 14 unspecified atom stereocenters. The van der Waals surface area contributed by atoms with Gasteiger partial charge in [-0.05, 0) is 146 Å². The van der Waals surface area contributed by atoms with E-state index in [1.165, 1.54) is 0 Å². The van der Waals surface area contributed by atoms with Crippen molar-refractivity contribution >= 4 is 0 Å². The summed E-state index contributed by atoms with van der Waals surface area (Å²) < 4.78 is 0. The molecule has 0 radical (unpaired) electrons. The molecule has 0 bridgehead atoms. The quantitative estimate of drug-likeness (QED) is 0.309. The van der Waals surface area contributed by atoms with Crippen molar-refractivity contribution in [3.63, 3.8) is 0 Å². The fourth-order valence-corrected chi connectivity index (χ4v) is 16.3. The summed E-state index contributed by atoms with van der Waals surface area (Å²) in [6.07, 6.45) is 42.1. The third-order valence-electron chi connectivity index (χ3n) is 17.7. The summed E-state index contributed by atoms with van der Waals surface area (Å²) in [7, 11) is 0. The van der Waals surface area contributed by atoms with Crippen LogP contribution >= 0.6 is 0 Å². The van der Waals surface area contributed by atoms with E-state index in [-0.39, 0.29) is 0 Å². The van der Waals surface area contributed by atoms with E-state index < -0.39 is 0 Å². The Hall–Kier alpha value is 0. The zero-order chi connectivity index (χ0) is 27.6. The Morgan fingerprint density at radius 1 is 0.190 bits per heavy atom. The van der Waals surface area contributed by atoms with Gasteiger partial charge in [0.1, 0.15) is 0 Å². The molecule has 0 heteroatoms. The van der Waals surface area contributed by atoms with Crippen LogP contribution in [0.3, 0.4) is 0 Å². The topological polar surface area (TPSA) is 0 Å². The lowest BCUT2D eigenvalue weighted by Gasteiger charge is -2.65. The van der Waals surface area contributed by atoms with E-state index in [0.29, 0.717) is 0 Å². The van der Waals surface area contributed by atoms with Crippen molar-refractivity contribution in [1.82, 2.24) is 0 Å². The highest BCUT2D eigenvalue weighted by molar-refractivity contribution is 5.09. The fraction of sp³-hybridized carbons (Fsp3) is 1.00. The van der Waals surface area contributed by atoms with Crippen LogP contribution in [0, 0.1) is 94.7 Å². The molecule has 14 atom stereocenters. The summed E-state index contributed by atoms with van der Waals surface area (Å²) >= 11 is 0. The molecule has 0 saturated heterocycles. The largest absolute Gasteiger partial charge is 0.0533 e. The van der Waals surface area contributed by atoms with Gasteiger partial charge in [0.05, 0.1) is 0 Å². The van der Waals surface area contributed by atoms with Gasteiger partial charge in [0.15, 0.2) is 0 Å². The molecule has 9 saturated carbocycles. The molecular weight excluding hydrogens is 504 g/mol. The van der Waals surface area contributed by atoms with E-state index in [0.717, 1.165) is 94.7 Å². The molecule has 9 rings (SSSR count). The molecule has 0 nitrogen and oxygen atoms in total. The van der Waals surface area contributed by atoms with Crippen molar-refractivity contribution in [2.45, 2.75) is 167 Å². The zero-order valence-corrected chi connectivity index (χ0v) is 27.6. The van der Waals surface area contributed by atoms with Crippen LogP contribution in [0.4, 0.5) is 0 Å². The highest BCUT2D eigenvalue weighted by atomic mass is 14.7. The van der Waals surface area contributed by atoms with Gasteiger partial charge in [0, 0.05) is 0 Å². The van der Waals surface area contributed by atoms with Crippen molar-refractivity contribution in [2.24, 2.45) is 94.7 Å². The second-order valence-electron chi connectivity index (χ2n) is 19.1. The lowest BCUT2D eigenvalue weighted by atomic mass is 9.40. The Balaban J connectivity index is 1.07. The minimum absolute atomic E-state index is 1.12. The predicted molar refractivity (Wildman–Crippen MR) is 176 cm³/mol. The van der Waals surface area contributed by atoms with Crippen LogP contribution in [0.5, 0.6) is 0 Å². The molecule has 0 aromatic carbocycles. The maximum absolute atomic E-state index is 1.73. The first-order valence-electron chi connectivity index (χ1n) is 20.8. The molecule has 236 valence electrons. The van der Waals surface area contributed by atoms with E-state index in [1.54, 1.807) is 167 Å². The van der Waals surface area contributed by atoms with Crippen molar-refractivity contribution in [3.05, 3.63) is 0 Å². The summed E-state index contributed by atoms with van der Waals surface area (Å²) in [5.41, 5.74) is 0. The Kier molecular flexibility index (Phi) is 8.06. The number of hydrogen-bond donors (Lipinski definition) is 0. The summed E-state index contributed by atoms with van der Waals surface area (Å²) in [5, 5.41) is 0. The molecule has 0 heterocycles. The minimum Gasteiger partial charge on any atom is -0.0533 e. The van der Waals surface area contributed by atoms with Crippen molar-refractivity contribution in [1.29, 1.82) is 0 Å². The van der Waals surface area contributed by atoms with Gasteiger partial charge in [-0.15, -0.1) is 0 Å². The van der Waals surface area contributed by atoms with Crippen LogP contribution in [0.25, 0.3) is 0 Å². The highest BCUT2D eigenvalue weighted by Gasteiger charge is 2.60. The summed E-state index contributed by atoms with van der Waals surface area (Å²) in [6.45, 7) is 0. The number of hydrogen-bond acceptors (Lipinski definition) is 0. The molecule has 0 spiro atoms. The van der Waals surface area contributed by atoms with E-state index >= 15 is 0 Å². The maximum Gasteiger partial charge on any atom is -0.0323 e. The van der Waals surface area contributed by atoms with Gasteiger partial charge < -0.3 is 0 Å². The van der Waals surface area contributed by atoms with Crippen LogP contribution in [0.15, 0.2) is 0 Å². The maximum atomic E-state index is 1.73. The van der Waals surface area contributed by atoms with E-state index in [2.05, 4.69) is 0 Å². The van der Waals surface area contributed by atoms with Crippen LogP contribution in [-0.4, -0.2) is 0 Å². The van der Waals surface area contributed by atoms with Gasteiger partial charge in [0.2, 0.25) is 0 Å². The Labute approximate surface area is 261 Å². The first-order chi connectivity index (χ1) is 20.8. The van der Waals surface area contributed by atoms with Crippen LogP contribution < -0.4 is 0 Å². The van der Waals surface area contributed by atoms with Gasteiger partial charge in [-0.1, -0.05) is 116 Å². The number of rotatable bonds is 2. The van der Waals surface area contributed by atoms with E-state index in [1.807, 2.05) is 0 Å². The van der Waals surface area contributed by atoms with Crippen LogP contribution in [-0.2, 0) is 0 Å². The second-order valence-corrected chi connectivity index (χ2v) is 19.1. The van der Waals surface area contributed by atoms with Crippen LogP contribution in [0.2, 0.25) is 0 Å². The van der Waals surface area contributed by atoms with E-state index in [9.17, 15) is 0 Å². The van der Waals surface area contributed by atoms with Crippen LogP contribution in [0.1, 0.15) is 167 Å². The molecule has 0 amide bonds. The SMILES string of the molecule is C1CCC(C2C3CC4CCCCC4CC3C(C3CCCCC3)C3CC4C(CCC5CC6CCCCC6CC54)CC32)CC1. The third-order valence-corrected chi connectivity index (χ3v) is 17.7. The normalized spacial score (nSPS) is 53.4. The van der Waals surface area contributed by atoms with Crippen molar-refractivity contribution < 1.29 is 0 Å². The lowest BCUT2D eigenvalue weighted by molar-refractivity contribution is -0.163. The highest BCUT2D eigenvalue weighted by Crippen LogP contribution is 2.68. The summed E-state index contributed by atoms with van der Waals surface area (Å²) in [5.74, 6) is 18.2. The molecule has 0 aromatic rings. The minimum atomic E-state index is 1.12. The van der Waals surface area contributed by atoms with E-state index in [4.69, 9.17) is 0 Å². The van der Waals surface area contributed by atoms with Gasteiger partial charge in [-0.3, -0.25) is 0 Å². The molecule has 9 aliphatic carbocycles. The Morgan fingerprint density at radius 2 is 0.500 bits per heavy atom. The summed E-state index contributed by atoms with van der Waals surface area (Å²) in [6, 6.07) is 0. The molecular formula is C42H68. The number of fused-ring (bicyclic) bond motifs is 7. The summed E-state index contributed by atoms with van der Waals surface area (Å²) in [4.78, 5) is 0. The molecule has 42 heavy (non-hydrogen) atoms. The monoisotopic (exact) mass is 573 g/mol. The third kappa shape index (κ3) is 4.94. The Morgan fingerprint density at radius 3 is 1.00 bits per heavy atom. The zero-order valence-electron chi connectivity index (χ0n) is 27.6. The fourth-order valence-electron chi connectivity index (χ4n) is 16.3. The van der Waals surface area contributed by atoms with Gasteiger partial charge in [-0.2, -0.15) is 0 Å². The van der Waals surface area contributed by atoms with Crippen molar-refractivity contribution in [2.75, 3.05) is 0 Å². The molecule has 9 aliphatic rings. The standard InChI is InChI=1S/C42H68/c1-3-11-27(12-4-1)41-37-23-31-17-9-10-18-32(31)24-38(37)42(28-13-5-2-6-14-28)40-26-36-34(25-39(40)41)20-19-33-21-29-15-7-8-16-30(29)22-35(33)36/h27-42H,1-26H2. The molecule has 0 aromatic heterocycles. The second kappa shape index (κ2) is 12.0. The smallest absolute Gasteiger partial charge is 0.0323 e. The molecule has 9 fully saturated rings. The average Bonchev–Trinajstić information content (AvgIpc) is 3.05. The lowest BCUT2D eigenvalue weighted by Crippen LogP contribution is -2.58.